The molecule has 0 spiro atoms. The summed E-state index contributed by atoms with van der Waals surface area (Å²) in [4.78, 5) is 0. The van der Waals surface area contributed by atoms with Gasteiger partial charge in [-0.15, -0.1) is 0 Å². The number of hydrogen-bond donors (Lipinski definition) is 2. The molecule has 0 aliphatic heterocycles. The van der Waals surface area contributed by atoms with Crippen molar-refractivity contribution in [3.63, 3.8) is 0 Å². The minimum absolute atomic E-state index is 0.374. The summed E-state index contributed by atoms with van der Waals surface area (Å²) in [6, 6.07) is 11.5. The van der Waals surface area contributed by atoms with Crippen molar-refractivity contribution in [2.75, 3.05) is 0 Å². The molecular formula is C15H11BrClFN2O. The van der Waals surface area contributed by atoms with Crippen LogP contribution in [0.1, 0.15) is 17.4 Å². The van der Waals surface area contributed by atoms with Gasteiger partial charge in [-0.1, -0.05) is 23.7 Å². The van der Waals surface area contributed by atoms with Crippen LogP contribution >= 0.6 is 27.5 Å². The van der Waals surface area contributed by atoms with Crippen molar-refractivity contribution in [1.82, 2.24) is 5.43 Å². The molecule has 6 heteroatoms. The molecule has 1 aromatic heterocycles. The largest absolute Gasteiger partial charge is 0.459 e. The highest BCUT2D eigenvalue weighted by atomic mass is 79.9. The zero-order valence-corrected chi connectivity index (χ0v) is 13.1. The number of nitrogens with two attached hydrogens (primary N) is 1. The van der Waals surface area contributed by atoms with Gasteiger partial charge in [0.15, 0.2) is 0 Å². The van der Waals surface area contributed by atoms with Crippen molar-refractivity contribution in [3.8, 4) is 0 Å². The molecule has 2 aromatic carbocycles. The maximum atomic E-state index is 14.2. The zero-order valence-electron chi connectivity index (χ0n) is 10.7. The van der Waals surface area contributed by atoms with Crippen molar-refractivity contribution in [3.05, 3.63) is 69.1 Å². The Morgan fingerprint density at radius 2 is 2.05 bits per heavy atom. The fourth-order valence-corrected chi connectivity index (χ4v) is 2.81. The Morgan fingerprint density at radius 1 is 1.24 bits per heavy atom. The van der Waals surface area contributed by atoms with Gasteiger partial charge < -0.3 is 4.42 Å². The second-order valence-corrected chi connectivity index (χ2v) is 5.86. The van der Waals surface area contributed by atoms with Gasteiger partial charge in [-0.3, -0.25) is 5.84 Å². The highest BCUT2D eigenvalue weighted by Crippen LogP contribution is 2.32. The van der Waals surface area contributed by atoms with E-state index in [0.29, 0.717) is 26.4 Å². The predicted molar refractivity (Wildman–Crippen MR) is 84.5 cm³/mol. The molecule has 1 atom stereocenters. The van der Waals surface area contributed by atoms with Crippen LogP contribution in [0.4, 0.5) is 4.39 Å². The molecule has 0 saturated carbocycles. The molecule has 0 aliphatic rings. The van der Waals surface area contributed by atoms with Gasteiger partial charge in [-0.25, -0.2) is 9.82 Å². The Balaban J connectivity index is 2.11. The van der Waals surface area contributed by atoms with Crippen molar-refractivity contribution >= 4 is 38.5 Å². The molecule has 108 valence electrons. The van der Waals surface area contributed by atoms with Gasteiger partial charge in [-0.05, 0) is 46.3 Å². The van der Waals surface area contributed by atoms with Gasteiger partial charge in [0, 0.05) is 16.0 Å². The van der Waals surface area contributed by atoms with Crippen LogP contribution in [-0.4, -0.2) is 0 Å². The smallest absolute Gasteiger partial charge is 0.142 e. The summed E-state index contributed by atoms with van der Waals surface area (Å²) in [6.07, 6.45) is 0. The highest BCUT2D eigenvalue weighted by molar-refractivity contribution is 9.10. The van der Waals surface area contributed by atoms with E-state index < -0.39 is 6.04 Å². The third-order valence-electron chi connectivity index (χ3n) is 3.24. The number of fused-ring (bicyclic) bond motifs is 1. The third-order valence-corrected chi connectivity index (χ3v) is 4.09. The number of rotatable bonds is 3. The lowest BCUT2D eigenvalue weighted by Crippen LogP contribution is -2.29. The van der Waals surface area contributed by atoms with Crippen molar-refractivity contribution < 1.29 is 8.81 Å². The van der Waals surface area contributed by atoms with E-state index in [1.807, 2.05) is 0 Å². The number of benzene rings is 2. The SMILES string of the molecule is NNC(c1cc2cc(Cl)ccc2o1)c1cccc(Br)c1F. The Kier molecular flexibility index (Phi) is 3.99. The molecule has 0 bridgehead atoms. The fourth-order valence-electron chi connectivity index (χ4n) is 2.25. The zero-order chi connectivity index (χ0) is 15.0. The molecule has 0 aliphatic carbocycles. The summed E-state index contributed by atoms with van der Waals surface area (Å²) in [6.45, 7) is 0. The van der Waals surface area contributed by atoms with Gasteiger partial charge in [-0.2, -0.15) is 0 Å². The molecule has 0 radical (unpaired) electrons. The van der Waals surface area contributed by atoms with Crippen molar-refractivity contribution in [2.45, 2.75) is 6.04 Å². The van der Waals surface area contributed by atoms with Gasteiger partial charge in [0.1, 0.15) is 23.2 Å². The Bertz CT molecular complexity index is 805. The molecule has 1 heterocycles. The van der Waals surface area contributed by atoms with Crippen LogP contribution in [0.3, 0.4) is 0 Å². The summed E-state index contributed by atoms with van der Waals surface area (Å²) in [5.41, 5.74) is 3.66. The lowest BCUT2D eigenvalue weighted by molar-refractivity contribution is 0.462. The molecule has 3 nitrogen and oxygen atoms in total. The number of hydrogen-bond acceptors (Lipinski definition) is 3. The summed E-state index contributed by atoms with van der Waals surface area (Å²) in [5, 5.41) is 1.45. The lowest BCUT2D eigenvalue weighted by atomic mass is 10.0. The van der Waals surface area contributed by atoms with Crippen LogP contribution in [-0.2, 0) is 0 Å². The maximum absolute atomic E-state index is 14.2. The van der Waals surface area contributed by atoms with E-state index >= 15 is 0 Å². The molecule has 3 aromatic rings. The molecule has 21 heavy (non-hydrogen) atoms. The first kappa shape index (κ1) is 14.5. The topological polar surface area (TPSA) is 51.2 Å². The van der Waals surface area contributed by atoms with Gasteiger partial charge in [0.05, 0.1) is 4.47 Å². The van der Waals surface area contributed by atoms with Gasteiger partial charge in [0.2, 0.25) is 0 Å². The maximum Gasteiger partial charge on any atom is 0.142 e. The van der Waals surface area contributed by atoms with Crippen molar-refractivity contribution in [2.24, 2.45) is 5.84 Å². The standard InChI is InChI=1S/C15H11BrClFN2O/c16-11-3-1-2-10(14(11)18)15(20-19)13-7-8-6-9(17)4-5-12(8)21-13/h1-7,15,20H,19H2. The van der Waals surface area contributed by atoms with E-state index in [1.54, 1.807) is 42.5 Å². The number of nitrogens with one attached hydrogen (secondary N) is 1. The first-order valence-corrected chi connectivity index (χ1v) is 7.36. The van der Waals surface area contributed by atoms with E-state index in [2.05, 4.69) is 21.4 Å². The van der Waals surface area contributed by atoms with Crippen LogP contribution in [0.15, 0.2) is 51.4 Å². The average molecular weight is 370 g/mol. The van der Waals surface area contributed by atoms with Crippen LogP contribution in [0.25, 0.3) is 11.0 Å². The lowest BCUT2D eigenvalue weighted by Gasteiger charge is -2.15. The van der Waals surface area contributed by atoms with Gasteiger partial charge >= 0.3 is 0 Å². The van der Waals surface area contributed by atoms with Crippen LogP contribution in [0.5, 0.6) is 0 Å². The van der Waals surface area contributed by atoms with Crippen LogP contribution in [0.2, 0.25) is 5.02 Å². The van der Waals surface area contributed by atoms with E-state index in [9.17, 15) is 4.39 Å². The number of furan rings is 1. The molecule has 0 amide bonds. The molecule has 0 saturated heterocycles. The van der Waals surface area contributed by atoms with E-state index in [-0.39, 0.29) is 5.82 Å². The Labute approximate surface area is 134 Å². The summed E-state index contributed by atoms with van der Waals surface area (Å²) >= 11 is 9.12. The van der Waals surface area contributed by atoms with E-state index in [1.165, 1.54) is 0 Å². The monoisotopic (exact) mass is 368 g/mol. The quantitative estimate of drug-likeness (QED) is 0.526. The van der Waals surface area contributed by atoms with Crippen molar-refractivity contribution in [1.29, 1.82) is 0 Å². The first-order valence-electron chi connectivity index (χ1n) is 6.19. The second-order valence-electron chi connectivity index (χ2n) is 4.57. The molecular weight excluding hydrogens is 359 g/mol. The average Bonchev–Trinajstić information content (AvgIpc) is 2.87. The van der Waals surface area contributed by atoms with E-state index in [0.717, 1.165) is 5.39 Å². The Hall–Kier alpha value is -1.40. The second kappa shape index (κ2) is 5.77. The van der Waals surface area contributed by atoms with Crippen LogP contribution < -0.4 is 11.3 Å². The normalized spacial score (nSPS) is 12.8. The highest BCUT2D eigenvalue weighted by Gasteiger charge is 2.21. The van der Waals surface area contributed by atoms with Crippen LogP contribution in [0, 0.1) is 5.82 Å². The minimum atomic E-state index is -0.589. The molecule has 1 unspecified atom stereocenters. The number of hydrazine groups is 1. The third kappa shape index (κ3) is 2.70. The summed E-state index contributed by atoms with van der Waals surface area (Å²) < 4.78 is 20.4. The van der Waals surface area contributed by atoms with Gasteiger partial charge in [0.25, 0.3) is 0 Å². The predicted octanol–water partition coefficient (Wildman–Crippen LogP) is 4.54. The number of halogens is 3. The fraction of sp³-hybridized carbons (Fsp3) is 0.0667. The summed E-state index contributed by atoms with van der Waals surface area (Å²) in [5.74, 6) is 5.73. The molecule has 3 N–H and O–H groups in total. The summed E-state index contributed by atoms with van der Waals surface area (Å²) in [7, 11) is 0. The first-order chi connectivity index (χ1) is 10.1. The minimum Gasteiger partial charge on any atom is -0.459 e. The molecule has 3 rings (SSSR count). The Morgan fingerprint density at radius 3 is 2.81 bits per heavy atom. The van der Waals surface area contributed by atoms with E-state index in [4.69, 9.17) is 21.9 Å². The molecule has 0 fully saturated rings.